The van der Waals surface area contributed by atoms with Crippen LogP contribution in [0.25, 0.3) is 0 Å². The zero-order chi connectivity index (χ0) is 11.7. The molecule has 1 amide bonds. The standard InChI is InChI=1S/C14H18N2O/c17-14(16-12-5-6-12)8-13-7-10-3-1-2-4-11(10)9-15-13/h1-4,12-13,15H,5-9H2,(H,16,17). The van der Waals surface area contributed by atoms with Crippen LogP contribution < -0.4 is 10.6 Å². The average molecular weight is 230 g/mol. The summed E-state index contributed by atoms with van der Waals surface area (Å²) in [6, 6.07) is 9.23. The summed E-state index contributed by atoms with van der Waals surface area (Å²) in [6.45, 7) is 0.886. The van der Waals surface area contributed by atoms with Crippen LogP contribution in [0.15, 0.2) is 24.3 Å². The minimum atomic E-state index is 0.199. The fraction of sp³-hybridized carbons (Fsp3) is 0.500. The Labute approximate surface area is 102 Å². The van der Waals surface area contributed by atoms with E-state index in [2.05, 4.69) is 34.9 Å². The maximum atomic E-state index is 11.7. The van der Waals surface area contributed by atoms with E-state index in [1.165, 1.54) is 11.1 Å². The van der Waals surface area contributed by atoms with E-state index in [4.69, 9.17) is 0 Å². The van der Waals surface area contributed by atoms with Gasteiger partial charge in [-0.05, 0) is 30.4 Å². The molecule has 0 spiro atoms. The highest BCUT2D eigenvalue weighted by atomic mass is 16.1. The largest absolute Gasteiger partial charge is 0.353 e. The third-order valence-corrected chi connectivity index (χ3v) is 3.54. The van der Waals surface area contributed by atoms with Gasteiger partial charge in [-0.25, -0.2) is 0 Å². The van der Waals surface area contributed by atoms with Gasteiger partial charge in [-0.2, -0.15) is 0 Å². The molecule has 1 aliphatic heterocycles. The SMILES string of the molecule is O=C(CC1Cc2ccccc2CN1)NC1CC1. The van der Waals surface area contributed by atoms with Crippen LogP contribution in [0, 0.1) is 0 Å². The molecule has 1 unspecified atom stereocenters. The van der Waals surface area contributed by atoms with Crippen LogP contribution >= 0.6 is 0 Å². The second-order valence-electron chi connectivity index (χ2n) is 5.10. The molecule has 3 heteroatoms. The Kier molecular flexibility index (Phi) is 2.85. The van der Waals surface area contributed by atoms with Crippen LogP contribution in [0.2, 0.25) is 0 Å². The predicted molar refractivity (Wildman–Crippen MR) is 66.6 cm³/mol. The van der Waals surface area contributed by atoms with Crippen LogP contribution in [-0.2, 0) is 17.8 Å². The van der Waals surface area contributed by atoms with Crippen molar-refractivity contribution >= 4 is 5.91 Å². The fourth-order valence-corrected chi connectivity index (χ4v) is 2.40. The summed E-state index contributed by atoms with van der Waals surface area (Å²) in [6.07, 6.45) is 3.89. The van der Waals surface area contributed by atoms with Crippen molar-refractivity contribution in [2.75, 3.05) is 0 Å². The lowest BCUT2D eigenvalue weighted by Crippen LogP contribution is -2.40. The van der Waals surface area contributed by atoms with Gasteiger partial charge in [0.1, 0.15) is 0 Å². The van der Waals surface area contributed by atoms with E-state index in [0.717, 1.165) is 25.8 Å². The van der Waals surface area contributed by atoms with Gasteiger partial charge < -0.3 is 10.6 Å². The van der Waals surface area contributed by atoms with Crippen molar-refractivity contribution in [3.05, 3.63) is 35.4 Å². The summed E-state index contributed by atoms with van der Waals surface area (Å²) in [5.41, 5.74) is 2.75. The molecule has 1 aromatic carbocycles. The van der Waals surface area contributed by atoms with Crippen molar-refractivity contribution in [2.45, 2.75) is 44.3 Å². The molecule has 1 fully saturated rings. The van der Waals surface area contributed by atoms with Gasteiger partial charge in [0, 0.05) is 25.0 Å². The van der Waals surface area contributed by atoms with E-state index in [-0.39, 0.29) is 5.91 Å². The van der Waals surface area contributed by atoms with Gasteiger partial charge in [0.25, 0.3) is 0 Å². The van der Waals surface area contributed by atoms with Crippen molar-refractivity contribution in [2.24, 2.45) is 0 Å². The molecule has 3 rings (SSSR count). The topological polar surface area (TPSA) is 41.1 Å². The Morgan fingerprint density at radius 2 is 2.06 bits per heavy atom. The van der Waals surface area contributed by atoms with Crippen LogP contribution in [0.1, 0.15) is 30.4 Å². The third kappa shape index (κ3) is 2.67. The minimum Gasteiger partial charge on any atom is -0.353 e. The quantitative estimate of drug-likeness (QED) is 0.823. The molecular weight excluding hydrogens is 212 g/mol. The molecular formula is C14H18N2O. The number of benzene rings is 1. The van der Waals surface area contributed by atoms with E-state index >= 15 is 0 Å². The van der Waals surface area contributed by atoms with Crippen LogP contribution in [-0.4, -0.2) is 18.0 Å². The molecule has 2 N–H and O–H groups in total. The first-order valence-corrected chi connectivity index (χ1v) is 6.41. The van der Waals surface area contributed by atoms with Crippen molar-refractivity contribution < 1.29 is 4.79 Å². The Morgan fingerprint density at radius 1 is 1.29 bits per heavy atom. The molecule has 1 heterocycles. The molecule has 3 nitrogen and oxygen atoms in total. The molecule has 0 bridgehead atoms. The molecule has 17 heavy (non-hydrogen) atoms. The minimum absolute atomic E-state index is 0.199. The number of carbonyl (C=O) groups is 1. The Bertz CT molecular complexity index is 426. The highest BCUT2D eigenvalue weighted by molar-refractivity contribution is 5.77. The summed E-state index contributed by atoms with van der Waals surface area (Å²) >= 11 is 0. The second kappa shape index (κ2) is 4.49. The maximum absolute atomic E-state index is 11.7. The van der Waals surface area contributed by atoms with Crippen molar-refractivity contribution in [3.63, 3.8) is 0 Å². The van der Waals surface area contributed by atoms with Crippen LogP contribution in [0.4, 0.5) is 0 Å². The summed E-state index contributed by atoms with van der Waals surface area (Å²) in [5, 5.41) is 6.49. The lowest BCUT2D eigenvalue weighted by molar-refractivity contribution is -0.121. The highest BCUT2D eigenvalue weighted by Crippen LogP contribution is 2.20. The number of carbonyl (C=O) groups excluding carboxylic acids is 1. The third-order valence-electron chi connectivity index (χ3n) is 3.54. The summed E-state index contributed by atoms with van der Waals surface area (Å²) in [7, 11) is 0. The van der Waals surface area contributed by atoms with Crippen molar-refractivity contribution in [1.29, 1.82) is 0 Å². The molecule has 1 atom stereocenters. The number of hydrogen-bond acceptors (Lipinski definition) is 2. The zero-order valence-electron chi connectivity index (χ0n) is 9.91. The number of fused-ring (bicyclic) bond motifs is 1. The van der Waals surface area contributed by atoms with Gasteiger partial charge in [-0.3, -0.25) is 4.79 Å². The fourth-order valence-electron chi connectivity index (χ4n) is 2.40. The van der Waals surface area contributed by atoms with E-state index in [1.54, 1.807) is 0 Å². The summed E-state index contributed by atoms with van der Waals surface area (Å²) in [5.74, 6) is 0.199. The predicted octanol–water partition coefficient (Wildman–Crippen LogP) is 1.37. The number of amides is 1. The molecule has 0 aromatic heterocycles. The van der Waals surface area contributed by atoms with Gasteiger partial charge in [0.05, 0.1) is 0 Å². The van der Waals surface area contributed by atoms with Crippen molar-refractivity contribution in [1.82, 2.24) is 10.6 Å². The van der Waals surface area contributed by atoms with Gasteiger partial charge in [0.2, 0.25) is 5.91 Å². The van der Waals surface area contributed by atoms with E-state index < -0.39 is 0 Å². The maximum Gasteiger partial charge on any atom is 0.221 e. The molecule has 2 aliphatic rings. The first kappa shape index (κ1) is 10.8. The van der Waals surface area contributed by atoms with Gasteiger partial charge in [0.15, 0.2) is 0 Å². The number of hydrogen-bond donors (Lipinski definition) is 2. The second-order valence-corrected chi connectivity index (χ2v) is 5.10. The van der Waals surface area contributed by atoms with Gasteiger partial charge >= 0.3 is 0 Å². The first-order chi connectivity index (χ1) is 8.31. The van der Waals surface area contributed by atoms with E-state index in [0.29, 0.717) is 18.5 Å². The molecule has 90 valence electrons. The van der Waals surface area contributed by atoms with Gasteiger partial charge in [-0.15, -0.1) is 0 Å². The van der Waals surface area contributed by atoms with E-state index in [1.807, 2.05) is 0 Å². The van der Waals surface area contributed by atoms with E-state index in [9.17, 15) is 4.79 Å². The summed E-state index contributed by atoms with van der Waals surface area (Å²) in [4.78, 5) is 11.7. The smallest absolute Gasteiger partial charge is 0.221 e. The zero-order valence-corrected chi connectivity index (χ0v) is 9.91. The van der Waals surface area contributed by atoms with Gasteiger partial charge in [-0.1, -0.05) is 24.3 Å². The molecule has 1 aliphatic carbocycles. The highest BCUT2D eigenvalue weighted by Gasteiger charge is 2.25. The Morgan fingerprint density at radius 3 is 2.82 bits per heavy atom. The number of nitrogens with one attached hydrogen (secondary N) is 2. The van der Waals surface area contributed by atoms with Crippen molar-refractivity contribution in [3.8, 4) is 0 Å². The monoisotopic (exact) mass is 230 g/mol. The average Bonchev–Trinajstić information content (AvgIpc) is 3.12. The van der Waals surface area contributed by atoms with Crippen LogP contribution in [0.5, 0.6) is 0 Å². The van der Waals surface area contributed by atoms with Crippen LogP contribution in [0.3, 0.4) is 0 Å². The molecule has 1 saturated carbocycles. The Balaban J connectivity index is 1.57. The molecule has 0 saturated heterocycles. The Hall–Kier alpha value is -1.35. The molecule has 0 radical (unpaired) electrons. The first-order valence-electron chi connectivity index (χ1n) is 6.41. The molecule has 1 aromatic rings. The summed E-state index contributed by atoms with van der Waals surface area (Å²) < 4.78 is 0. The lowest BCUT2D eigenvalue weighted by Gasteiger charge is -2.25. The lowest BCUT2D eigenvalue weighted by atomic mass is 9.94. The number of rotatable bonds is 3. The normalized spacial score (nSPS) is 22.9.